The Balaban J connectivity index is 1.43. The van der Waals surface area contributed by atoms with Crippen molar-refractivity contribution in [1.82, 2.24) is 4.72 Å². The number of esters is 1. The van der Waals surface area contributed by atoms with Crippen LogP contribution in [-0.4, -0.2) is 32.9 Å². The van der Waals surface area contributed by atoms with Gasteiger partial charge in [-0.25, -0.2) is 17.9 Å². The van der Waals surface area contributed by atoms with E-state index in [1.165, 1.54) is 31.2 Å². The van der Waals surface area contributed by atoms with Crippen LogP contribution in [0.3, 0.4) is 0 Å². The van der Waals surface area contributed by atoms with Gasteiger partial charge in [-0.2, -0.15) is 0 Å². The van der Waals surface area contributed by atoms with Gasteiger partial charge in [-0.3, -0.25) is 4.79 Å². The Morgan fingerprint density at radius 2 is 1.74 bits per heavy atom. The predicted molar refractivity (Wildman–Crippen MR) is 129 cm³/mol. The van der Waals surface area contributed by atoms with Crippen LogP contribution in [0, 0.1) is 0 Å². The highest BCUT2D eigenvalue weighted by molar-refractivity contribution is 7.89. The number of carbonyl (C=O) groups is 2. The average molecular weight is 479 g/mol. The van der Waals surface area contributed by atoms with Crippen LogP contribution in [0.4, 0.5) is 5.69 Å². The molecule has 0 bridgehead atoms. The van der Waals surface area contributed by atoms with E-state index >= 15 is 0 Å². The number of carbonyl (C=O) groups excluding carboxylic acids is 2. The van der Waals surface area contributed by atoms with Crippen LogP contribution < -0.4 is 9.62 Å². The molecule has 0 aromatic heterocycles. The van der Waals surface area contributed by atoms with Crippen molar-refractivity contribution in [3.8, 4) is 0 Å². The lowest BCUT2D eigenvalue weighted by atomic mass is 10.0. The maximum absolute atomic E-state index is 13.0. The van der Waals surface area contributed by atoms with Crippen LogP contribution in [0.25, 0.3) is 0 Å². The zero-order valence-electron chi connectivity index (χ0n) is 18.8. The lowest BCUT2D eigenvalue weighted by Gasteiger charge is -2.31. The zero-order valence-corrected chi connectivity index (χ0v) is 19.6. The predicted octanol–water partition coefficient (Wildman–Crippen LogP) is 3.69. The van der Waals surface area contributed by atoms with E-state index in [9.17, 15) is 18.0 Å². The molecule has 0 radical (unpaired) electrons. The van der Waals surface area contributed by atoms with Crippen molar-refractivity contribution >= 4 is 27.6 Å². The number of rotatable bonds is 7. The third-order valence-electron chi connectivity index (χ3n) is 5.70. The van der Waals surface area contributed by atoms with Gasteiger partial charge in [-0.05, 0) is 55.2 Å². The number of nitrogens with zero attached hydrogens (tertiary/aromatic N) is 1. The van der Waals surface area contributed by atoms with Gasteiger partial charge in [-0.15, -0.1) is 0 Å². The summed E-state index contributed by atoms with van der Waals surface area (Å²) < 4.78 is 33.4. The molecule has 0 spiro atoms. The molecule has 1 aliphatic heterocycles. The highest BCUT2D eigenvalue weighted by atomic mass is 32.2. The summed E-state index contributed by atoms with van der Waals surface area (Å²) in [6, 6.07) is 22.4. The second kappa shape index (κ2) is 10.2. The van der Waals surface area contributed by atoms with Crippen LogP contribution in [-0.2, 0) is 32.5 Å². The van der Waals surface area contributed by atoms with E-state index < -0.39 is 22.1 Å². The SMILES string of the molecule is CC(OC(=O)c1cccc(S(=O)(=O)NCc2ccccc2)c1)C(=O)N1CCCc2ccccc21. The molecule has 8 heteroatoms. The Labute approximate surface area is 199 Å². The summed E-state index contributed by atoms with van der Waals surface area (Å²) in [5, 5.41) is 0. The molecule has 1 N–H and O–H groups in total. The maximum atomic E-state index is 13.0. The van der Waals surface area contributed by atoms with E-state index in [0.717, 1.165) is 29.7 Å². The molecule has 1 heterocycles. The zero-order chi connectivity index (χ0) is 24.1. The smallest absolute Gasteiger partial charge is 0.338 e. The van der Waals surface area contributed by atoms with Crippen molar-refractivity contribution < 1.29 is 22.7 Å². The van der Waals surface area contributed by atoms with Gasteiger partial charge in [0.2, 0.25) is 10.0 Å². The number of aryl methyl sites for hydroxylation is 1. The number of nitrogens with one attached hydrogen (secondary N) is 1. The monoisotopic (exact) mass is 478 g/mol. The van der Waals surface area contributed by atoms with Gasteiger partial charge in [0.15, 0.2) is 6.10 Å². The summed E-state index contributed by atoms with van der Waals surface area (Å²) in [6.45, 7) is 2.21. The molecule has 1 unspecified atom stereocenters. The molecule has 176 valence electrons. The normalized spacial score (nSPS) is 14.2. The van der Waals surface area contributed by atoms with Crippen molar-refractivity contribution in [3.05, 3.63) is 95.6 Å². The third-order valence-corrected chi connectivity index (χ3v) is 7.10. The first-order valence-electron chi connectivity index (χ1n) is 11.1. The molecule has 4 rings (SSSR count). The van der Waals surface area contributed by atoms with E-state index in [1.807, 2.05) is 54.6 Å². The Bertz CT molecular complexity index is 1290. The van der Waals surface area contributed by atoms with Gasteiger partial charge in [0.1, 0.15) is 0 Å². The van der Waals surface area contributed by atoms with Gasteiger partial charge in [0.25, 0.3) is 5.91 Å². The number of hydrogen-bond acceptors (Lipinski definition) is 5. The minimum atomic E-state index is -3.84. The van der Waals surface area contributed by atoms with Crippen LogP contribution >= 0.6 is 0 Å². The topological polar surface area (TPSA) is 92.8 Å². The van der Waals surface area contributed by atoms with Gasteiger partial charge in [-0.1, -0.05) is 54.6 Å². The highest BCUT2D eigenvalue weighted by Gasteiger charge is 2.29. The number of amides is 1. The summed E-state index contributed by atoms with van der Waals surface area (Å²) in [4.78, 5) is 27.3. The first-order chi connectivity index (χ1) is 16.3. The fraction of sp³-hybridized carbons (Fsp3) is 0.231. The highest BCUT2D eigenvalue weighted by Crippen LogP contribution is 2.27. The van der Waals surface area contributed by atoms with E-state index in [-0.39, 0.29) is 22.9 Å². The summed E-state index contributed by atoms with van der Waals surface area (Å²) in [6.07, 6.45) is 0.711. The standard InChI is InChI=1S/C26H26N2O5S/c1-19(25(29)28-16-8-13-21-11-5-6-15-24(21)28)33-26(30)22-12-7-14-23(17-22)34(31,32)27-18-20-9-3-2-4-10-20/h2-7,9-12,14-15,17,19,27H,8,13,16,18H2,1H3. The van der Waals surface area contributed by atoms with E-state index in [2.05, 4.69) is 4.72 Å². The third kappa shape index (κ3) is 5.35. The second-order valence-corrected chi connectivity index (χ2v) is 9.87. The number of para-hydroxylation sites is 1. The number of sulfonamides is 1. The summed E-state index contributed by atoms with van der Waals surface area (Å²) >= 11 is 0. The first kappa shape index (κ1) is 23.7. The lowest BCUT2D eigenvalue weighted by Crippen LogP contribution is -2.42. The quantitative estimate of drug-likeness (QED) is 0.523. The van der Waals surface area contributed by atoms with Gasteiger partial charge in [0, 0.05) is 18.8 Å². The van der Waals surface area contributed by atoms with Crippen LogP contribution in [0.5, 0.6) is 0 Å². The molecule has 3 aromatic rings. The van der Waals surface area contributed by atoms with Gasteiger partial charge < -0.3 is 9.64 Å². The molecule has 1 aliphatic rings. The molecule has 34 heavy (non-hydrogen) atoms. The molecule has 0 fully saturated rings. The number of fused-ring (bicyclic) bond motifs is 1. The van der Waals surface area contributed by atoms with Crippen LogP contribution in [0.2, 0.25) is 0 Å². The molecule has 1 amide bonds. The molecule has 3 aromatic carbocycles. The fourth-order valence-electron chi connectivity index (χ4n) is 3.91. The Kier molecular flexibility index (Phi) is 7.09. The molecule has 1 atom stereocenters. The number of benzene rings is 3. The summed E-state index contributed by atoms with van der Waals surface area (Å²) in [7, 11) is -3.84. The van der Waals surface area contributed by atoms with E-state index in [0.29, 0.717) is 6.54 Å². The molecule has 7 nitrogen and oxygen atoms in total. The molecular weight excluding hydrogens is 452 g/mol. The van der Waals surface area contributed by atoms with Gasteiger partial charge in [0.05, 0.1) is 10.5 Å². The first-order valence-corrected chi connectivity index (χ1v) is 12.6. The van der Waals surface area contributed by atoms with Crippen molar-refractivity contribution in [1.29, 1.82) is 0 Å². The Morgan fingerprint density at radius 3 is 2.53 bits per heavy atom. The lowest BCUT2D eigenvalue weighted by molar-refractivity contribution is -0.126. The van der Waals surface area contributed by atoms with Crippen molar-refractivity contribution in [2.24, 2.45) is 0 Å². The van der Waals surface area contributed by atoms with Crippen molar-refractivity contribution in [2.75, 3.05) is 11.4 Å². The van der Waals surface area contributed by atoms with Crippen molar-refractivity contribution in [3.63, 3.8) is 0 Å². The fourth-order valence-corrected chi connectivity index (χ4v) is 4.97. The Hall–Kier alpha value is -3.49. The number of ether oxygens (including phenoxy) is 1. The maximum Gasteiger partial charge on any atom is 0.338 e. The molecule has 0 saturated heterocycles. The second-order valence-electron chi connectivity index (χ2n) is 8.11. The van der Waals surface area contributed by atoms with Crippen LogP contribution in [0.1, 0.15) is 34.8 Å². The number of hydrogen-bond donors (Lipinski definition) is 1. The molecule has 0 aliphatic carbocycles. The average Bonchev–Trinajstić information content (AvgIpc) is 2.87. The largest absolute Gasteiger partial charge is 0.449 e. The Morgan fingerprint density at radius 1 is 1.00 bits per heavy atom. The number of anilines is 1. The van der Waals surface area contributed by atoms with E-state index in [4.69, 9.17) is 4.74 Å². The summed E-state index contributed by atoms with van der Waals surface area (Å²) in [5.74, 6) is -1.07. The van der Waals surface area contributed by atoms with Crippen LogP contribution in [0.15, 0.2) is 83.8 Å². The molecular formula is C26H26N2O5S. The summed E-state index contributed by atoms with van der Waals surface area (Å²) in [5.41, 5.74) is 2.79. The van der Waals surface area contributed by atoms with E-state index in [1.54, 1.807) is 4.90 Å². The minimum absolute atomic E-state index is 0.0539. The van der Waals surface area contributed by atoms with Crippen molar-refractivity contribution in [2.45, 2.75) is 37.3 Å². The molecule has 0 saturated carbocycles. The van der Waals surface area contributed by atoms with Gasteiger partial charge >= 0.3 is 5.97 Å². The minimum Gasteiger partial charge on any atom is -0.449 e.